The molecule has 1 nitrogen and oxygen atoms in total. The van der Waals surface area contributed by atoms with Crippen LogP contribution in [-0.2, 0) is 0 Å². The molecule has 0 unspecified atom stereocenters. The molecule has 0 saturated heterocycles. The third kappa shape index (κ3) is 125. The summed E-state index contributed by atoms with van der Waals surface area (Å²) >= 11 is 0. The van der Waals surface area contributed by atoms with Crippen molar-refractivity contribution < 1.29 is 8.33 Å². The molecule has 0 spiro atoms. The van der Waals surface area contributed by atoms with E-state index in [9.17, 15) is 0 Å². The summed E-state index contributed by atoms with van der Waals surface area (Å²) < 4.78 is 0. The second-order valence-corrected chi connectivity index (χ2v) is 0.408. The Morgan fingerprint density at radius 3 is 1.80 bits per heavy atom. The van der Waals surface area contributed by atoms with Crippen molar-refractivity contribution in [1.82, 2.24) is 0 Å². The van der Waals surface area contributed by atoms with Crippen LogP contribution >= 0.6 is 0 Å². The van der Waals surface area contributed by atoms with E-state index in [2.05, 4.69) is 6.58 Å². The molecule has 0 bridgehead atoms. The average Bonchev–Trinajstić information content (AvgIpc) is 0.918. The van der Waals surface area contributed by atoms with Crippen molar-refractivity contribution in [2.24, 2.45) is 0 Å². The summed E-state index contributed by atoms with van der Waals surface area (Å²) in [6.07, 6.45) is 1.75. The van der Waals surface area contributed by atoms with Crippen molar-refractivity contribution in [3.8, 4) is 0 Å². The zero-order valence-corrected chi connectivity index (χ0v) is 4.91. The van der Waals surface area contributed by atoms with Crippen LogP contribution in [0.4, 0.5) is 0 Å². The third-order valence-electron chi connectivity index (χ3n) is 0. The second-order valence-electron chi connectivity index (χ2n) is 0.408. The van der Waals surface area contributed by atoms with Crippen molar-refractivity contribution in [3.05, 3.63) is 12.7 Å². The molecular formula is C3H10MgO. The van der Waals surface area contributed by atoms with Crippen molar-refractivity contribution in [2.75, 3.05) is 0 Å². The SMILES string of the molecule is C=CC.O.[H-].[H-].[Mg+2]. The fourth-order valence-electron chi connectivity index (χ4n) is 0. The third-order valence-corrected chi connectivity index (χ3v) is 0. The average molecular weight is 86.4 g/mol. The van der Waals surface area contributed by atoms with E-state index in [4.69, 9.17) is 0 Å². The van der Waals surface area contributed by atoms with E-state index >= 15 is 0 Å². The molecule has 0 saturated carbocycles. The minimum atomic E-state index is 0. The molecule has 0 aromatic carbocycles. The van der Waals surface area contributed by atoms with E-state index in [0.29, 0.717) is 0 Å². The summed E-state index contributed by atoms with van der Waals surface area (Å²) in [6, 6.07) is 0. The van der Waals surface area contributed by atoms with Gasteiger partial charge in [-0.2, -0.15) is 0 Å². The van der Waals surface area contributed by atoms with Gasteiger partial charge in [-0.1, -0.05) is 6.08 Å². The molecule has 0 amide bonds. The van der Waals surface area contributed by atoms with Crippen LogP contribution in [-0.4, -0.2) is 28.5 Å². The molecule has 0 aliphatic heterocycles. The summed E-state index contributed by atoms with van der Waals surface area (Å²) in [4.78, 5) is 0. The maximum Gasteiger partial charge on any atom is 2.00 e. The molecule has 0 aromatic heterocycles. The van der Waals surface area contributed by atoms with Gasteiger partial charge in [0, 0.05) is 0 Å². The summed E-state index contributed by atoms with van der Waals surface area (Å²) in [5, 5.41) is 0. The Balaban J connectivity index is -0.00000000333. The van der Waals surface area contributed by atoms with E-state index in [1.807, 2.05) is 6.92 Å². The van der Waals surface area contributed by atoms with Gasteiger partial charge in [0.25, 0.3) is 0 Å². The molecule has 0 radical (unpaired) electrons. The first-order valence-electron chi connectivity index (χ1n) is 0.986. The topological polar surface area (TPSA) is 31.5 Å². The van der Waals surface area contributed by atoms with Gasteiger partial charge in [-0.25, -0.2) is 0 Å². The van der Waals surface area contributed by atoms with Crippen molar-refractivity contribution in [2.45, 2.75) is 6.92 Å². The smallest absolute Gasteiger partial charge is 1.00 e. The Bertz CT molecular complexity index is 20.4. The molecule has 0 aliphatic carbocycles. The van der Waals surface area contributed by atoms with E-state index < -0.39 is 0 Å². The van der Waals surface area contributed by atoms with Crippen molar-refractivity contribution in [3.63, 3.8) is 0 Å². The maximum absolute atomic E-state index is 3.36. The van der Waals surface area contributed by atoms with E-state index in [1.54, 1.807) is 6.08 Å². The van der Waals surface area contributed by atoms with Gasteiger partial charge in [0.05, 0.1) is 0 Å². The molecule has 0 rings (SSSR count). The number of rotatable bonds is 0. The Morgan fingerprint density at radius 1 is 1.80 bits per heavy atom. The Morgan fingerprint density at radius 2 is 1.80 bits per heavy atom. The summed E-state index contributed by atoms with van der Waals surface area (Å²) in [7, 11) is 0. The van der Waals surface area contributed by atoms with Crippen molar-refractivity contribution >= 4 is 23.1 Å². The van der Waals surface area contributed by atoms with Crippen LogP contribution in [0.1, 0.15) is 9.78 Å². The van der Waals surface area contributed by atoms with Crippen LogP contribution in [0.3, 0.4) is 0 Å². The van der Waals surface area contributed by atoms with E-state index in [0.717, 1.165) is 0 Å². The molecule has 30 valence electrons. The molecule has 2 N–H and O–H groups in total. The van der Waals surface area contributed by atoms with Gasteiger partial charge in [-0.3, -0.25) is 0 Å². The van der Waals surface area contributed by atoms with Crippen molar-refractivity contribution in [1.29, 1.82) is 0 Å². The first-order chi connectivity index (χ1) is 1.41. The molecule has 0 aromatic rings. The largest absolute Gasteiger partial charge is 2.00 e. The molecular weight excluding hydrogens is 76.3 g/mol. The summed E-state index contributed by atoms with van der Waals surface area (Å²) in [5.41, 5.74) is 0. The number of allylic oxidation sites excluding steroid dienone is 1. The van der Waals surface area contributed by atoms with Gasteiger partial charge in [-0.05, 0) is 6.92 Å². The van der Waals surface area contributed by atoms with Gasteiger partial charge < -0.3 is 8.33 Å². The van der Waals surface area contributed by atoms with E-state index in [-0.39, 0.29) is 31.4 Å². The van der Waals surface area contributed by atoms with Crippen LogP contribution in [0.25, 0.3) is 0 Å². The zero-order chi connectivity index (χ0) is 2.71. The van der Waals surface area contributed by atoms with Gasteiger partial charge in [0.15, 0.2) is 0 Å². The zero-order valence-electron chi connectivity index (χ0n) is 5.49. The second kappa shape index (κ2) is 25.0. The maximum atomic E-state index is 3.36. The predicted octanol–water partition coefficient (Wildman–Crippen LogP) is 0.212. The van der Waals surface area contributed by atoms with Crippen LogP contribution in [0.5, 0.6) is 0 Å². The van der Waals surface area contributed by atoms with Gasteiger partial charge in [0.2, 0.25) is 0 Å². The molecule has 5 heavy (non-hydrogen) atoms. The molecule has 0 atom stereocenters. The Hall–Kier alpha value is 0.466. The number of hydrogen-bond acceptors (Lipinski definition) is 0. The fourth-order valence-corrected chi connectivity index (χ4v) is 0. The monoisotopic (exact) mass is 86.1 g/mol. The standard InChI is InChI=1S/C3H6.Mg.H2O.2H/c1-3-2;;;;/h3H,1H2,2H3;;1H2;;/q;+2;;2*-1. The first-order valence-corrected chi connectivity index (χ1v) is 0.986. The first kappa shape index (κ1) is 17.9. The van der Waals surface area contributed by atoms with Crippen LogP contribution in [0.2, 0.25) is 0 Å². The summed E-state index contributed by atoms with van der Waals surface area (Å²) in [6.45, 7) is 5.25. The Labute approximate surface area is 51.5 Å². The minimum Gasteiger partial charge on any atom is -1.00 e. The fraction of sp³-hybridized carbons (Fsp3) is 0.333. The van der Waals surface area contributed by atoms with Crippen LogP contribution in [0, 0.1) is 0 Å². The quantitative estimate of drug-likeness (QED) is 0.298. The van der Waals surface area contributed by atoms with Crippen LogP contribution < -0.4 is 0 Å². The number of hydrogen-bond donors (Lipinski definition) is 0. The molecule has 2 heteroatoms. The Kier molecular flexibility index (Phi) is 89.5. The molecule has 0 aliphatic rings. The normalized spacial score (nSPS) is 2.60. The van der Waals surface area contributed by atoms with Gasteiger partial charge >= 0.3 is 23.1 Å². The molecule has 0 fully saturated rings. The van der Waals surface area contributed by atoms with Gasteiger partial charge in [-0.15, -0.1) is 6.58 Å². The predicted molar refractivity (Wildman–Crippen MR) is 27.5 cm³/mol. The van der Waals surface area contributed by atoms with Gasteiger partial charge in [0.1, 0.15) is 0 Å². The minimum absolute atomic E-state index is 0. The van der Waals surface area contributed by atoms with E-state index in [1.165, 1.54) is 0 Å². The van der Waals surface area contributed by atoms with Crippen LogP contribution in [0.15, 0.2) is 12.7 Å². The molecule has 0 heterocycles. The summed E-state index contributed by atoms with van der Waals surface area (Å²) in [5.74, 6) is 0.